The summed E-state index contributed by atoms with van der Waals surface area (Å²) < 4.78 is 10.2. The summed E-state index contributed by atoms with van der Waals surface area (Å²) in [6.07, 6.45) is 0. The molecule has 0 saturated carbocycles. The van der Waals surface area contributed by atoms with E-state index in [1.54, 1.807) is 6.07 Å². The summed E-state index contributed by atoms with van der Waals surface area (Å²) >= 11 is 0. The van der Waals surface area contributed by atoms with Crippen molar-refractivity contribution >= 4 is 5.97 Å². The Morgan fingerprint density at radius 2 is 2.00 bits per heavy atom. The van der Waals surface area contributed by atoms with Crippen molar-refractivity contribution in [3.63, 3.8) is 0 Å². The Morgan fingerprint density at radius 3 is 2.69 bits per heavy atom. The van der Waals surface area contributed by atoms with Crippen LogP contribution in [0.1, 0.15) is 28.4 Å². The SMILES string of the molecule is CCOCCOC(=O)c1cccc(C)c1C. The molecule has 0 saturated heterocycles. The first-order valence-electron chi connectivity index (χ1n) is 5.48. The summed E-state index contributed by atoms with van der Waals surface area (Å²) in [5, 5.41) is 0. The number of hydrogen-bond donors (Lipinski definition) is 0. The Hall–Kier alpha value is -1.35. The van der Waals surface area contributed by atoms with E-state index in [4.69, 9.17) is 9.47 Å². The van der Waals surface area contributed by atoms with Gasteiger partial charge in [-0.3, -0.25) is 0 Å². The van der Waals surface area contributed by atoms with Crippen molar-refractivity contribution in [3.8, 4) is 0 Å². The molecule has 0 heterocycles. The highest BCUT2D eigenvalue weighted by Gasteiger charge is 2.10. The molecule has 0 aromatic heterocycles. The Balaban J connectivity index is 2.56. The highest BCUT2D eigenvalue weighted by Crippen LogP contribution is 2.13. The third kappa shape index (κ3) is 3.35. The van der Waals surface area contributed by atoms with Crippen LogP contribution in [0, 0.1) is 13.8 Å². The highest BCUT2D eigenvalue weighted by molar-refractivity contribution is 5.91. The predicted octanol–water partition coefficient (Wildman–Crippen LogP) is 2.50. The standard InChI is InChI=1S/C13H18O3/c1-4-15-8-9-16-13(14)12-7-5-6-10(2)11(12)3/h5-7H,4,8-9H2,1-3H3. The fourth-order valence-corrected chi connectivity index (χ4v) is 1.39. The average Bonchev–Trinajstić information content (AvgIpc) is 2.28. The molecule has 0 radical (unpaired) electrons. The van der Waals surface area contributed by atoms with E-state index >= 15 is 0 Å². The fourth-order valence-electron chi connectivity index (χ4n) is 1.39. The third-order valence-electron chi connectivity index (χ3n) is 2.49. The smallest absolute Gasteiger partial charge is 0.338 e. The van der Waals surface area contributed by atoms with E-state index in [9.17, 15) is 4.79 Å². The molecule has 0 amide bonds. The molecular formula is C13H18O3. The van der Waals surface area contributed by atoms with Crippen LogP contribution in [0.2, 0.25) is 0 Å². The number of carbonyl (C=O) groups excluding carboxylic acids is 1. The lowest BCUT2D eigenvalue weighted by Gasteiger charge is -2.08. The first-order chi connectivity index (χ1) is 7.66. The molecule has 0 bridgehead atoms. The van der Waals surface area contributed by atoms with Crippen LogP contribution in [0.4, 0.5) is 0 Å². The van der Waals surface area contributed by atoms with Gasteiger partial charge in [-0.15, -0.1) is 0 Å². The van der Waals surface area contributed by atoms with E-state index in [1.807, 2.05) is 32.9 Å². The normalized spacial score (nSPS) is 10.2. The molecule has 88 valence electrons. The minimum absolute atomic E-state index is 0.277. The number of benzene rings is 1. The van der Waals surface area contributed by atoms with Gasteiger partial charge in [0.2, 0.25) is 0 Å². The zero-order valence-corrected chi connectivity index (χ0v) is 10.1. The maximum atomic E-state index is 11.7. The Kier molecular flexibility index (Phi) is 4.99. The monoisotopic (exact) mass is 222 g/mol. The first kappa shape index (κ1) is 12.7. The van der Waals surface area contributed by atoms with Gasteiger partial charge in [0.15, 0.2) is 0 Å². The largest absolute Gasteiger partial charge is 0.460 e. The Morgan fingerprint density at radius 1 is 1.25 bits per heavy atom. The van der Waals surface area contributed by atoms with Gasteiger partial charge < -0.3 is 9.47 Å². The van der Waals surface area contributed by atoms with Crippen LogP contribution >= 0.6 is 0 Å². The molecule has 0 aliphatic carbocycles. The molecule has 0 aliphatic rings. The maximum absolute atomic E-state index is 11.7. The quantitative estimate of drug-likeness (QED) is 0.567. The minimum Gasteiger partial charge on any atom is -0.460 e. The molecule has 0 unspecified atom stereocenters. The molecule has 1 rings (SSSR count). The van der Waals surface area contributed by atoms with Gasteiger partial charge in [-0.05, 0) is 38.0 Å². The Bertz CT molecular complexity index is 358. The Labute approximate surface area is 96.4 Å². The number of hydrogen-bond acceptors (Lipinski definition) is 3. The molecule has 0 aliphatic heterocycles. The highest BCUT2D eigenvalue weighted by atomic mass is 16.6. The summed E-state index contributed by atoms with van der Waals surface area (Å²) in [5.41, 5.74) is 2.71. The molecule has 1 aromatic rings. The van der Waals surface area contributed by atoms with Gasteiger partial charge >= 0.3 is 5.97 Å². The molecule has 1 aromatic carbocycles. The van der Waals surface area contributed by atoms with Gasteiger partial charge in [0.25, 0.3) is 0 Å². The summed E-state index contributed by atoms with van der Waals surface area (Å²) in [7, 11) is 0. The lowest BCUT2D eigenvalue weighted by atomic mass is 10.0. The van der Waals surface area contributed by atoms with Crippen LogP contribution in [0.25, 0.3) is 0 Å². The summed E-state index contributed by atoms with van der Waals surface area (Å²) in [4.78, 5) is 11.7. The van der Waals surface area contributed by atoms with Gasteiger partial charge in [0.1, 0.15) is 6.61 Å². The second-order valence-corrected chi connectivity index (χ2v) is 3.58. The zero-order valence-electron chi connectivity index (χ0n) is 10.1. The van der Waals surface area contributed by atoms with Gasteiger partial charge in [0, 0.05) is 6.61 Å². The lowest BCUT2D eigenvalue weighted by molar-refractivity contribution is 0.0334. The molecular weight excluding hydrogens is 204 g/mol. The number of carbonyl (C=O) groups is 1. The van der Waals surface area contributed by atoms with Crippen molar-refractivity contribution in [3.05, 3.63) is 34.9 Å². The van der Waals surface area contributed by atoms with E-state index in [0.29, 0.717) is 25.4 Å². The average molecular weight is 222 g/mol. The molecule has 3 heteroatoms. The summed E-state index contributed by atoms with van der Waals surface area (Å²) in [5.74, 6) is -0.277. The van der Waals surface area contributed by atoms with Gasteiger partial charge in [-0.2, -0.15) is 0 Å². The zero-order chi connectivity index (χ0) is 12.0. The van der Waals surface area contributed by atoms with Gasteiger partial charge in [-0.25, -0.2) is 4.79 Å². The van der Waals surface area contributed by atoms with E-state index < -0.39 is 0 Å². The molecule has 0 fully saturated rings. The molecule has 0 atom stereocenters. The van der Waals surface area contributed by atoms with E-state index in [-0.39, 0.29) is 5.97 Å². The van der Waals surface area contributed by atoms with Gasteiger partial charge in [0.05, 0.1) is 12.2 Å². The van der Waals surface area contributed by atoms with Crippen molar-refractivity contribution in [1.82, 2.24) is 0 Å². The van der Waals surface area contributed by atoms with Crippen LogP contribution in [0.5, 0.6) is 0 Å². The summed E-state index contributed by atoms with van der Waals surface area (Å²) in [6.45, 7) is 7.21. The number of ether oxygens (including phenoxy) is 2. The van der Waals surface area contributed by atoms with E-state index in [1.165, 1.54) is 0 Å². The van der Waals surface area contributed by atoms with E-state index in [0.717, 1.165) is 11.1 Å². The van der Waals surface area contributed by atoms with Crippen molar-refractivity contribution < 1.29 is 14.3 Å². The topological polar surface area (TPSA) is 35.5 Å². The number of rotatable bonds is 5. The van der Waals surface area contributed by atoms with Crippen molar-refractivity contribution in [2.45, 2.75) is 20.8 Å². The third-order valence-corrected chi connectivity index (χ3v) is 2.49. The van der Waals surface area contributed by atoms with Crippen LogP contribution in [0.15, 0.2) is 18.2 Å². The van der Waals surface area contributed by atoms with Crippen LogP contribution in [-0.2, 0) is 9.47 Å². The molecule has 0 spiro atoms. The molecule has 16 heavy (non-hydrogen) atoms. The predicted molar refractivity (Wildman–Crippen MR) is 62.7 cm³/mol. The van der Waals surface area contributed by atoms with E-state index in [2.05, 4.69) is 0 Å². The second kappa shape index (κ2) is 6.28. The van der Waals surface area contributed by atoms with Crippen LogP contribution in [0.3, 0.4) is 0 Å². The molecule has 3 nitrogen and oxygen atoms in total. The van der Waals surface area contributed by atoms with Crippen LogP contribution < -0.4 is 0 Å². The summed E-state index contributed by atoms with van der Waals surface area (Å²) in [6, 6.07) is 5.62. The number of aryl methyl sites for hydroxylation is 1. The fraction of sp³-hybridized carbons (Fsp3) is 0.462. The number of esters is 1. The van der Waals surface area contributed by atoms with Crippen molar-refractivity contribution in [2.24, 2.45) is 0 Å². The van der Waals surface area contributed by atoms with Crippen LogP contribution in [-0.4, -0.2) is 25.8 Å². The minimum atomic E-state index is -0.277. The van der Waals surface area contributed by atoms with Crippen molar-refractivity contribution in [2.75, 3.05) is 19.8 Å². The first-order valence-corrected chi connectivity index (χ1v) is 5.48. The van der Waals surface area contributed by atoms with Crippen molar-refractivity contribution in [1.29, 1.82) is 0 Å². The van der Waals surface area contributed by atoms with Gasteiger partial charge in [-0.1, -0.05) is 12.1 Å². The molecule has 0 N–H and O–H groups in total. The maximum Gasteiger partial charge on any atom is 0.338 e. The lowest BCUT2D eigenvalue weighted by Crippen LogP contribution is -2.12. The second-order valence-electron chi connectivity index (χ2n) is 3.58.